The van der Waals surface area contributed by atoms with Gasteiger partial charge < -0.3 is 9.64 Å². The fourth-order valence-electron chi connectivity index (χ4n) is 2.10. The molecule has 2 atom stereocenters. The Morgan fingerprint density at radius 2 is 2.38 bits per heavy atom. The van der Waals surface area contributed by atoms with Crippen LogP contribution < -0.4 is 5.32 Å². The number of nitrogens with zero attached hydrogens (tertiary/aromatic N) is 1. The van der Waals surface area contributed by atoms with E-state index in [1.54, 1.807) is 18.9 Å². The zero-order valence-electron chi connectivity index (χ0n) is 9.48. The van der Waals surface area contributed by atoms with Crippen LogP contribution in [0.15, 0.2) is 0 Å². The number of hydrogen-bond donors (Lipinski definition) is 1. The molecule has 2 saturated heterocycles. The molecule has 6 heteroatoms. The van der Waals surface area contributed by atoms with Crippen molar-refractivity contribution < 1.29 is 9.53 Å². The summed E-state index contributed by atoms with van der Waals surface area (Å²) >= 11 is 1.79. The van der Waals surface area contributed by atoms with E-state index in [1.165, 1.54) is 0 Å². The maximum Gasteiger partial charge on any atom is 0.240 e. The Hall–Kier alpha value is 0.0300. The number of piperidine rings is 1. The van der Waals surface area contributed by atoms with E-state index in [4.69, 9.17) is 4.74 Å². The lowest BCUT2D eigenvalue weighted by molar-refractivity contribution is -0.136. The maximum absolute atomic E-state index is 12.1. The van der Waals surface area contributed by atoms with Crippen molar-refractivity contribution in [1.29, 1.82) is 0 Å². The quantitative estimate of drug-likeness (QED) is 0.799. The Kier molecular flexibility index (Phi) is 5.89. The van der Waals surface area contributed by atoms with Crippen molar-refractivity contribution in [3.8, 4) is 0 Å². The molecule has 2 aliphatic rings. The summed E-state index contributed by atoms with van der Waals surface area (Å²) in [5.41, 5.74) is 0. The van der Waals surface area contributed by atoms with Gasteiger partial charge in [0.15, 0.2) is 0 Å². The summed E-state index contributed by atoms with van der Waals surface area (Å²) in [6.45, 7) is 1.65. The first-order chi connectivity index (χ1) is 7.31. The van der Waals surface area contributed by atoms with E-state index < -0.39 is 0 Å². The lowest BCUT2D eigenvalue weighted by Gasteiger charge is -2.33. The van der Waals surface area contributed by atoms with Crippen LogP contribution in [0.2, 0.25) is 0 Å². The highest BCUT2D eigenvalue weighted by molar-refractivity contribution is 7.99. The highest BCUT2D eigenvalue weighted by atomic mass is 35.5. The Morgan fingerprint density at radius 3 is 3.00 bits per heavy atom. The van der Waals surface area contributed by atoms with Gasteiger partial charge in [-0.3, -0.25) is 10.1 Å². The number of nitrogens with one attached hydrogen (secondary N) is 1. The number of halogens is 1. The number of amides is 1. The first kappa shape index (κ1) is 14.1. The van der Waals surface area contributed by atoms with Gasteiger partial charge in [0.1, 0.15) is 0 Å². The van der Waals surface area contributed by atoms with Crippen molar-refractivity contribution in [3.05, 3.63) is 0 Å². The van der Waals surface area contributed by atoms with E-state index in [0.29, 0.717) is 0 Å². The minimum absolute atomic E-state index is 0. The van der Waals surface area contributed by atoms with Gasteiger partial charge in [-0.25, -0.2) is 0 Å². The standard InChI is InChI=1S/C10H18N2O2S.ClH/c1-14-8-3-2-4-12(5-8)10(13)9-6-15-7-11-9;/h8-9,11H,2-7H2,1H3;1H/t8?,9-;/m1./s1. The van der Waals surface area contributed by atoms with Crippen LogP contribution in [0.1, 0.15) is 12.8 Å². The minimum atomic E-state index is 0. The van der Waals surface area contributed by atoms with Gasteiger partial charge in [0.2, 0.25) is 5.91 Å². The summed E-state index contributed by atoms with van der Waals surface area (Å²) in [6, 6.07) is 0.0330. The highest BCUT2D eigenvalue weighted by Gasteiger charge is 2.30. The van der Waals surface area contributed by atoms with Crippen molar-refractivity contribution in [2.75, 3.05) is 31.8 Å². The van der Waals surface area contributed by atoms with Crippen molar-refractivity contribution in [3.63, 3.8) is 0 Å². The molecule has 16 heavy (non-hydrogen) atoms. The predicted octanol–water partition coefficient (Wildman–Crippen LogP) is 0.708. The predicted molar refractivity (Wildman–Crippen MR) is 68.1 cm³/mol. The second-order valence-electron chi connectivity index (χ2n) is 4.06. The molecule has 1 N–H and O–H groups in total. The molecule has 0 bridgehead atoms. The number of thioether (sulfide) groups is 1. The average molecular weight is 267 g/mol. The van der Waals surface area contributed by atoms with Crippen molar-refractivity contribution in [2.45, 2.75) is 25.0 Å². The monoisotopic (exact) mass is 266 g/mol. The third-order valence-electron chi connectivity index (χ3n) is 3.04. The smallest absolute Gasteiger partial charge is 0.240 e. The molecule has 0 aromatic rings. The van der Waals surface area contributed by atoms with Gasteiger partial charge in [0.05, 0.1) is 12.1 Å². The molecule has 0 saturated carbocycles. The van der Waals surface area contributed by atoms with E-state index in [1.807, 2.05) is 4.90 Å². The SMILES string of the molecule is COC1CCCN(C(=O)[C@H]2CSCN2)C1.Cl. The van der Waals surface area contributed by atoms with E-state index in [9.17, 15) is 4.79 Å². The molecular formula is C10H19ClN2O2S. The average Bonchev–Trinajstić information content (AvgIpc) is 2.81. The van der Waals surface area contributed by atoms with Crippen LogP contribution in [-0.4, -0.2) is 54.8 Å². The van der Waals surface area contributed by atoms with Crippen LogP contribution in [0.25, 0.3) is 0 Å². The Labute approximate surface area is 107 Å². The summed E-state index contributed by atoms with van der Waals surface area (Å²) in [7, 11) is 1.72. The summed E-state index contributed by atoms with van der Waals surface area (Å²) in [5, 5.41) is 3.22. The molecule has 0 radical (unpaired) electrons. The van der Waals surface area contributed by atoms with Crippen LogP contribution in [0, 0.1) is 0 Å². The van der Waals surface area contributed by atoms with Gasteiger partial charge in [-0.05, 0) is 12.8 Å². The molecule has 1 amide bonds. The molecule has 0 aromatic carbocycles. The van der Waals surface area contributed by atoms with Crippen LogP contribution in [0.3, 0.4) is 0 Å². The lowest BCUT2D eigenvalue weighted by atomic mass is 10.1. The molecule has 1 unspecified atom stereocenters. The maximum atomic E-state index is 12.1. The van der Waals surface area contributed by atoms with Crippen molar-refractivity contribution in [2.24, 2.45) is 0 Å². The second kappa shape index (κ2) is 6.69. The Balaban J connectivity index is 0.00000128. The Morgan fingerprint density at radius 1 is 1.56 bits per heavy atom. The van der Waals surface area contributed by atoms with E-state index >= 15 is 0 Å². The van der Waals surface area contributed by atoms with Gasteiger partial charge in [-0.15, -0.1) is 24.2 Å². The Bertz CT molecular complexity index is 237. The number of ether oxygens (including phenoxy) is 1. The molecule has 0 aromatic heterocycles. The van der Waals surface area contributed by atoms with Gasteiger partial charge in [-0.1, -0.05) is 0 Å². The van der Waals surface area contributed by atoms with Crippen LogP contribution in [0.5, 0.6) is 0 Å². The topological polar surface area (TPSA) is 41.6 Å². The molecule has 2 heterocycles. The fourth-order valence-corrected chi connectivity index (χ4v) is 3.04. The van der Waals surface area contributed by atoms with Gasteiger partial charge in [-0.2, -0.15) is 0 Å². The van der Waals surface area contributed by atoms with Crippen molar-refractivity contribution >= 4 is 30.1 Å². The van der Waals surface area contributed by atoms with E-state index in [0.717, 1.165) is 37.6 Å². The first-order valence-electron chi connectivity index (χ1n) is 5.44. The van der Waals surface area contributed by atoms with Gasteiger partial charge in [0.25, 0.3) is 0 Å². The lowest BCUT2D eigenvalue weighted by Crippen LogP contribution is -2.50. The van der Waals surface area contributed by atoms with Gasteiger partial charge in [0, 0.05) is 31.8 Å². The third kappa shape index (κ3) is 3.26. The summed E-state index contributed by atoms with van der Waals surface area (Å²) in [6.07, 6.45) is 2.37. The molecule has 4 nitrogen and oxygen atoms in total. The third-order valence-corrected chi connectivity index (χ3v) is 3.98. The van der Waals surface area contributed by atoms with Crippen LogP contribution >= 0.6 is 24.2 Å². The summed E-state index contributed by atoms with van der Waals surface area (Å²) in [5.74, 6) is 2.06. The van der Waals surface area contributed by atoms with E-state index in [2.05, 4.69) is 5.32 Å². The van der Waals surface area contributed by atoms with Crippen LogP contribution in [-0.2, 0) is 9.53 Å². The zero-order valence-corrected chi connectivity index (χ0v) is 11.1. The summed E-state index contributed by atoms with van der Waals surface area (Å²) in [4.78, 5) is 14.0. The number of methoxy groups -OCH3 is 1. The molecular weight excluding hydrogens is 248 g/mol. The van der Waals surface area contributed by atoms with E-state index in [-0.39, 0.29) is 30.5 Å². The second-order valence-corrected chi connectivity index (χ2v) is 5.09. The van der Waals surface area contributed by atoms with Crippen molar-refractivity contribution in [1.82, 2.24) is 10.2 Å². The molecule has 2 fully saturated rings. The highest BCUT2D eigenvalue weighted by Crippen LogP contribution is 2.17. The molecule has 0 spiro atoms. The molecule has 0 aliphatic carbocycles. The number of hydrogen-bond acceptors (Lipinski definition) is 4. The summed E-state index contributed by atoms with van der Waals surface area (Å²) < 4.78 is 5.31. The normalized spacial score (nSPS) is 29.9. The number of carbonyl (C=O) groups is 1. The number of carbonyl (C=O) groups excluding carboxylic acids is 1. The zero-order chi connectivity index (χ0) is 10.7. The minimum Gasteiger partial charge on any atom is -0.380 e. The number of likely N-dealkylation sites (tertiary alicyclic amines) is 1. The largest absolute Gasteiger partial charge is 0.380 e. The van der Waals surface area contributed by atoms with Gasteiger partial charge >= 0.3 is 0 Å². The van der Waals surface area contributed by atoms with Crippen LogP contribution in [0.4, 0.5) is 0 Å². The molecule has 2 rings (SSSR count). The fraction of sp³-hybridized carbons (Fsp3) is 0.900. The molecule has 94 valence electrons. The number of rotatable bonds is 2. The molecule has 2 aliphatic heterocycles. The first-order valence-corrected chi connectivity index (χ1v) is 6.59.